The molecule has 0 aromatic rings. The summed E-state index contributed by atoms with van der Waals surface area (Å²) >= 11 is 0. The molecule has 0 aromatic carbocycles. The summed E-state index contributed by atoms with van der Waals surface area (Å²) in [4.78, 5) is 18.0. The third-order valence-electron chi connectivity index (χ3n) is 3.62. The molecule has 0 spiro atoms. The summed E-state index contributed by atoms with van der Waals surface area (Å²) < 4.78 is 5.18. The summed E-state index contributed by atoms with van der Waals surface area (Å²) in [5.41, 5.74) is -0.473. The lowest BCUT2D eigenvalue weighted by Crippen LogP contribution is -2.47. The number of hydrogen-bond donors (Lipinski definition) is 3. The molecule has 1 atom stereocenters. The largest absolute Gasteiger partial charge is 0.444 e. The van der Waals surface area contributed by atoms with Crippen LogP contribution in [0.15, 0.2) is 4.99 Å². The zero-order valence-electron chi connectivity index (χ0n) is 15.8. The minimum atomic E-state index is -0.473. The zero-order chi connectivity index (χ0) is 17.5. The van der Waals surface area contributed by atoms with E-state index in [1.165, 1.54) is 12.8 Å². The van der Waals surface area contributed by atoms with E-state index in [0.717, 1.165) is 18.4 Å². The Balaban J connectivity index is 0.00000529. The van der Waals surface area contributed by atoms with Gasteiger partial charge in [-0.25, -0.2) is 4.79 Å². The monoisotopic (exact) mass is 455 g/mol. The minimum absolute atomic E-state index is 0. The molecule has 1 saturated carbocycles. The third kappa shape index (κ3) is 10.2. The van der Waals surface area contributed by atoms with Gasteiger partial charge in [0.05, 0.1) is 0 Å². The van der Waals surface area contributed by atoms with E-state index in [1.807, 2.05) is 20.8 Å². The summed E-state index contributed by atoms with van der Waals surface area (Å²) in [5, 5.41) is 9.26. The quantitative estimate of drug-likeness (QED) is 0.236. The van der Waals surface area contributed by atoms with Gasteiger partial charge in [0.2, 0.25) is 0 Å². The second kappa shape index (κ2) is 11.0. The topological polar surface area (TPSA) is 78.0 Å². The molecule has 1 amide bonds. The van der Waals surface area contributed by atoms with Gasteiger partial charge in [-0.3, -0.25) is 4.99 Å². The average molecular weight is 455 g/mol. The number of likely N-dealkylation sites (N-methyl/N-ethyl adjacent to an activating group) is 1. The van der Waals surface area contributed by atoms with Crippen molar-refractivity contribution in [3.63, 3.8) is 0 Å². The van der Waals surface area contributed by atoms with Gasteiger partial charge in [0, 0.05) is 32.7 Å². The Labute approximate surface area is 163 Å². The number of carbonyl (C=O) groups is 1. The second-order valence-corrected chi connectivity index (χ2v) is 7.18. The Morgan fingerprint density at radius 1 is 1.21 bits per heavy atom. The van der Waals surface area contributed by atoms with Gasteiger partial charge in [0.25, 0.3) is 0 Å². The molecular weight excluding hydrogens is 421 g/mol. The lowest BCUT2D eigenvalue weighted by atomic mass is 10.1. The van der Waals surface area contributed by atoms with Crippen LogP contribution < -0.4 is 16.0 Å². The van der Waals surface area contributed by atoms with E-state index in [2.05, 4.69) is 39.9 Å². The Kier molecular flexibility index (Phi) is 10.6. The van der Waals surface area contributed by atoms with Crippen LogP contribution in [0, 0.1) is 5.92 Å². The van der Waals surface area contributed by atoms with Crippen molar-refractivity contribution in [3.05, 3.63) is 0 Å². The van der Waals surface area contributed by atoms with E-state index in [0.29, 0.717) is 19.1 Å². The third-order valence-corrected chi connectivity index (χ3v) is 3.62. The van der Waals surface area contributed by atoms with Crippen molar-refractivity contribution < 1.29 is 9.53 Å². The summed E-state index contributed by atoms with van der Waals surface area (Å²) in [5.74, 6) is 1.55. The number of ether oxygens (including phenoxy) is 1. The number of halogens is 1. The van der Waals surface area contributed by atoms with Crippen molar-refractivity contribution in [1.29, 1.82) is 0 Å². The number of alkyl carbamates (subject to hydrolysis) is 1. The summed E-state index contributed by atoms with van der Waals surface area (Å²) in [6, 6.07) is 0.536. The van der Waals surface area contributed by atoms with E-state index in [-0.39, 0.29) is 24.0 Å². The van der Waals surface area contributed by atoms with E-state index < -0.39 is 11.7 Å². The SMILES string of the molecule is CN=C(NCCNC(=O)OC(C)(C)C)NCC(C1CC1)N(C)C.I. The Morgan fingerprint density at radius 3 is 2.25 bits per heavy atom. The first-order valence-corrected chi connectivity index (χ1v) is 8.30. The summed E-state index contributed by atoms with van der Waals surface area (Å²) in [6.45, 7) is 7.48. The standard InChI is InChI=1S/C16H33N5O2.HI/c1-16(2,3)23-15(22)19-10-9-18-14(17-4)20-11-13(21(5)6)12-7-8-12;/h12-13H,7-11H2,1-6H3,(H,19,22)(H2,17,18,20);1H. The number of nitrogens with zero attached hydrogens (tertiary/aromatic N) is 2. The van der Waals surface area contributed by atoms with Crippen LogP contribution in [0.1, 0.15) is 33.6 Å². The van der Waals surface area contributed by atoms with Crippen LogP contribution in [-0.4, -0.2) is 69.4 Å². The van der Waals surface area contributed by atoms with Gasteiger partial charge in [-0.05, 0) is 53.6 Å². The number of guanidine groups is 1. The highest BCUT2D eigenvalue weighted by molar-refractivity contribution is 14.0. The predicted octanol–water partition coefficient (Wildman–Crippen LogP) is 1.63. The molecule has 0 heterocycles. The maximum atomic E-state index is 11.5. The van der Waals surface area contributed by atoms with Crippen molar-refractivity contribution >= 4 is 36.0 Å². The zero-order valence-corrected chi connectivity index (χ0v) is 18.1. The smallest absolute Gasteiger partial charge is 0.407 e. The molecule has 142 valence electrons. The van der Waals surface area contributed by atoms with E-state index in [9.17, 15) is 4.79 Å². The molecule has 24 heavy (non-hydrogen) atoms. The molecule has 1 unspecified atom stereocenters. The molecule has 1 aliphatic carbocycles. The fourth-order valence-corrected chi connectivity index (χ4v) is 2.33. The number of rotatable bonds is 7. The van der Waals surface area contributed by atoms with Crippen molar-refractivity contribution in [2.45, 2.75) is 45.3 Å². The van der Waals surface area contributed by atoms with Gasteiger partial charge < -0.3 is 25.6 Å². The minimum Gasteiger partial charge on any atom is -0.444 e. The van der Waals surface area contributed by atoms with Crippen molar-refractivity contribution in [2.24, 2.45) is 10.9 Å². The maximum Gasteiger partial charge on any atom is 0.407 e. The lowest BCUT2D eigenvalue weighted by molar-refractivity contribution is 0.0529. The highest BCUT2D eigenvalue weighted by Gasteiger charge is 2.32. The fraction of sp³-hybridized carbons (Fsp3) is 0.875. The first-order valence-electron chi connectivity index (χ1n) is 8.30. The van der Waals surface area contributed by atoms with E-state index in [4.69, 9.17) is 4.74 Å². The van der Waals surface area contributed by atoms with Crippen LogP contribution in [-0.2, 0) is 4.74 Å². The van der Waals surface area contributed by atoms with E-state index in [1.54, 1.807) is 7.05 Å². The van der Waals surface area contributed by atoms with Gasteiger partial charge in [0.15, 0.2) is 5.96 Å². The molecule has 8 heteroatoms. The van der Waals surface area contributed by atoms with Gasteiger partial charge >= 0.3 is 6.09 Å². The molecule has 3 N–H and O–H groups in total. The van der Waals surface area contributed by atoms with Crippen LogP contribution in [0.3, 0.4) is 0 Å². The lowest BCUT2D eigenvalue weighted by Gasteiger charge is -2.25. The molecular formula is C16H34IN5O2. The number of carbonyl (C=O) groups excluding carboxylic acids is 1. The highest BCUT2D eigenvalue weighted by atomic mass is 127. The van der Waals surface area contributed by atoms with Gasteiger partial charge in [-0.15, -0.1) is 24.0 Å². The Bertz CT molecular complexity index is 404. The van der Waals surface area contributed by atoms with E-state index >= 15 is 0 Å². The van der Waals surface area contributed by atoms with Crippen LogP contribution in [0.4, 0.5) is 4.79 Å². The van der Waals surface area contributed by atoms with Crippen LogP contribution in [0.25, 0.3) is 0 Å². The predicted molar refractivity (Wildman–Crippen MR) is 109 cm³/mol. The Hall–Kier alpha value is -0.770. The number of aliphatic imine (C=N–C) groups is 1. The summed E-state index contributed by atoms with van der Waals surface area (Å²) in [7, 11) is 5.98. The van der Waals surface area contributed by atoms with Crippen LogP contribution in [0.5, 0.6) is 0 Å². The molecule has 1 rings (SSSR count). The number of hydrogen-bond acceptors (Lipinski definition) is 4. The van der Waals surface area contributed by atoms with Crippen LogP contribution >= 0.6 is 24.0 Å². The normalized spacial score (nSPS) is 16.2. The van der Waals surface area contributed by atoms with Gasteiger partial charge in [-0.1, -0.05) is 0 Å². The van der Waals surface area contributed by atoms with Gasteiger partial charge in [-0.2, -0.15) is 0 Å². The van der Waals surface area contributed by atoms with Gasteiger partial charge in [0.1, 0.15) is 5.60 Å². The molecule has 1 fully saturated rings. The maximum absolute atomic E-state index is 11.5. The number of amides is 1. The molecule has 0 bridgehead atoms. The van der Waals surface area contributed by atoms with Crippen LogP contribution in [0.2, 0.25) is 0 Å². The number of nitrogens with one attached hydrogen (secondary N) is 3. The Morgan fingerprint density at radius 2 is 1.79 bits per heavy atom. The first-order chi connectivity index (χ1) is 10.7. The second-order valence-electron chi connectivity index (χ2n) is 7.18. The van der Waals surface area contributed by atoms with Crippen molar-refractivity contribution in [1.82, 2.24) is 20.9 Å². The summed E-state index contributed by atoms with van der Waals surface area (Å²) in [6.07, 6.45) is 2.23. The molecule has 0 radical (unpaired) electrons. The highest BCUT2D eigenvalue weighted by Crippen LogP contribution is 2.34. The molecule has 0 aliphatic heterocycles. The van der Waals surface area contributed by atoms with Crippen molar-refractivity contribution in [2.75, 3.05) is 40.8 Å². The molecule has 1 aliphatic rings. The fourth-order valence-electron chi connectivity index (χ4n) is 2.33. The first kappa shape index (κ1) is 23.2. The molecule has 0 saturated heterocycles. The average Bonchev–Trinajstić information content (AvgIpc) is 3.23. The molecule has 0 aromatic heterocycles. The van der Waals surface area contributed by atoms with Crippen molar-refractivity contribution in [3.8, 4) is 0 Å². The molecule has 7 nitrogen and oxygen atoms in total.